The third kappa shape index (κ3) is 1.65. The fourth-order valence-electron chi connectivity index (χ4n) is 2.42. The maximum Gasteiger partial charge on any atom is 0.131 e. The zero-order valence-electron chi connectivity index (χ0n) is 8.95. The van der Waals surface area contributed by atoms with Crippen molar-refractivity contribution in [2.75, 3.05) is 6.54 Å². The van der Waals surface area contributed by atoms with Gasteiger partial charge in [-0.25, -0.2) is 9.97 Å². The molecule has 3 rings (SSSR count). The van der Waals surface area contributed by atoms with Crippen LogP contribution in [-0.4, -0.2) is 16.5 Å². The van der Waals surface area contributed by atoms with Crippen molar-refractivity contribution in [2.45, 2.75) is 43.9 Å². The summed E-state index contributed by atoms with van der Waals surface area (Å²) in [4.78, 5) is 9.21. The van der Waals surface area contributed by atoms with Crippen LogP contribution in [0, 0.1) is 0 Å². The van der Waals surface area contributed by atoms with E-state index in [9.17, 15) is 0 Å². The van der Waals surface area contributed by atoms with E-state index in [2.05, 4.69) is 4.98 Å². The number of fused-ring (bicyclic) bond motifs is 1. The average Bonchev–Trinajstić information content (AvgIpc) is 3.11. The first-order chi connectivity index (χ1) is 7.38. The van der Waals surface area contributed by atoms with Crippen molar-refractivity contribution in [1.82, 2.24) is 9.97 Å². The van der Waals surface area contributed by atoms with Gasteiger partial charge in [-0.2, -0.15) is 0 Å². The molecule has 1 saturated carbocycles. The van der Waals surface area contributed by atoms with Crippen LogP contribution in [0.3, 0.4) is 0 Å². The zero-order chi connectivity index (χ0) is 10.3. The van der Waals surface area contributed by atoms with Gasteiger partial charge in [-0.3, -0.25) is 0 Å². The predicted octanol–water partition coefficient (Wildman–Crippen LogP) is 1.73. The fourth-order valence-corrected chi connectivity index (χ4v) is 2.42. The molecule has 2 N–H and O–H groups in total. The van der Waals surface area contributed by atoms with Gasteiger partial charge in [0.05, 0.1) is 5.69 Å². The highest BCUT2D eigenvalue weighted by molar-refractivity contribution is 5.26. The molecule has 0 aromatic carbocycles. The highest BCUT2D eigenvalue weighted by atomic mass is 14.9. The van der Waals surface area contributed by atoms with Crippen LogP contribution in [0.5, 0.6) is 0 Å². The van der Waals surface area contributed by atoms with E-state index in [1.807, 2.05) is 6.20 Å². The predicted molar refractivity (Wildman–Crippen MR) is 58.7 cm³/mol. The van der Waals surface area contributed by atoms with Crippen LogP contribution in [0.25, 0.3) is 0 Å². The Hall–Kier alpha value is -0.960. The van der Waals surface area contributed by atoms with Gasteiger partial charge in [-0.15, -0.1) is 0 Å². The summed E-state index contributed by atoms with van der Waals surface area (Å²) in [5.41, 5.74) is 8.38. The molecule has 1 heterocycles. The van der Waals surface area contributed by atoms with E-state index in [0.717, 1.165) is 18.8 Å². The van der Waals surface area contributed by atoms with Crippen molar-refractivity contribution in [3.63, 3.8) is 0 Å². The summed E-state index contributed by atoms with van der Waals surface area (Å²) in [6.07, 6.45) is 8.15. The third-order valence-electron chi connectivity index (χ3n) is 3.53. The lowest BCUT2D eigenvalue weighted by atomic mass is 9.87. The maximum absolute atomic E-state index is 5.80. The Balaban J connectivity index is 1.98. The summed E-state index contributed by atoms with van der Waals surface area (Å²) in [5.74, 6) is 2.19. The van der Waals surface area contributed by atoms with Crippen molar-refractivity contribution in [3.05, 3.63) is 23.3 Å². The topological polar surface area (TPSA) is 51.8 Å². The summed E-state index contributed by atoms with van der Waals surface area (Å²) in [6.45, 7) is 0.730. The molecular weight excluding hydrogens is 186 g/mol. The molecule has 3 nitrogen and oxygen atoms in total. The van der Waals surface area contributed by atoms with Gasteiger partial charge in [0.25, 0.3) is 0 Å². The Labute approximate surface area is 90.1 Å². The van der Waals surface area contributed by atoms with E-state index in [0.29, 0.717) is 11.8 Å². The van der Waals surface area contributed by atoms with Crippen LogP contribution >= 0.6 is 0 Å². The smallest absolute Gasteiger partial charge is 0.131 e. The molecule has 80 valence electrons. The molecule has 1 aromatic heterocycles. The van der Waals surface area contributed by atoms with Gasteiger partial charge in [0.15, 0.2) is 0 Å². The van der Waals surface area contributed by atoms with Crippen LogP contribution in [0.1, 0.15) is 54.6 Å². The highest BCUT2D eigenvalue weighted by Crippen LogP contribution is 2.39. The number of hydrogen-bond acceptors (Lipinski definition) is 3. The number of nitrogens with zero attached hydrogens (tertiary/aromatic N) is 2. The molecular formula is C12H17N3. The van der Waals surface area contributed by atoms with Gasteiger partial charge in [-0.05, 0) is 37.7 Å². The van der Waals surface area contributed by atoms with Gasteiger partial charge in [0.2, 0.25) is 0 Å². The van der Waals surface area contributed by atoms with Gasteiger partial charge < -0.3 is 5.73 Å². The highest BCUT2D eigenvalue weighted by Gasteiger charge is 2.29. The van der Waals surface area contributed by atoms with Crippen LogP contribution < -0.4 is 5.73 Å². The SMILES string of the molecule is NCC1CCCc2cnc(C3CC3)nc21. The lowest BCUT2D eigenvalue weighted by Gasteiger charge is -2.23. The van der Waals surface area contributed by atoms with Gasteiger partial charge in [-0.1, -0.05) is 0 Å². The minimum absolute atomic E-state index is 0.481. The first kappa shape index (κ1) is 9.28. The monoisotopic (exact) mass is 203 g/mol. The second-order valence-electron chi connectivity index (χ2n) is 4.74. The number of nitrogens with two attached hydrogens (primary N) is 1. The van der Waals surface area contributed by atoms with Crippen LogP contribution in [0.2, 0.25) is 0 Å². The standard InChI is InChI=1S/C12H17N3/c13-6-9-2-1-3-10-7-14-12(8-4-5-8)15-11(9)10/h7-9H,1-6,13H2. The molecule has 1 fully saturated rings. The molecule has 15 heavy (non-hydrogen) atoms. The Morgan fingerprint density at radius 1 is 1.33 bits per heavy atom. The Kier molecular flexibility index (Phi) is 2.20. The molecule has 0 bridgehead atoms. The van der Waals surface area contributed by atoms with E-state index in [-0.39, 0.29) is 0 Å². The van der Waals surface area contributed by atoms with E-state index in [1.54, 1.807) is 0 Å². The molecule has 1 aromatic rings. The molecule has 3 heteroatoms. The fraction of sp³-hybridized carbons (Fsp3) is 0.667. The number of aromatic nitrogens is 2. The lowest BCUT2D eigenvalue weighted by Crippen LogP contribution is -2.20. The largest absolute Gasteiger partial charge is 0.330 e. The Bertz CT molecular complexity index is 371. The van der Waals surface area contributed by atoms with Crippen LogP contribution in [0.15, 0.2) is 6.20 Å². The molecule has 0 aliphatic heterocycles. The first-order valence-corrected chi connectivity index (χ1v) is 5.94. The normalized spacial score (nSPS) is 25.0. The van der Waals surface area contributed by atoms with Crippen molar-refractivity contribution >= 4 is 0 Å². The second kappa shape index (κ2) is 3.56. The van der Waals surface area contributed by atoms with Crippen molar-refractivity contribution in [2.24, 2.45) is 5.73 Å². The van der Waals surface area contributed by atoms with Crippen molar-refractivity contribution in [3.8, 4) is 0 Å². The molecule has 0 saturated heterocycles. The maximum atomic E-state index is 5.80. The Morgan fingerprint density at radius 3 is 2.93 bits per heavy atom. The van der Waals surface area contributed by atoms with E-state index < -0.39 is 0 Å². The average molecular weight is 203 g/mol. The molecule has 1 atom stereocenters. The Morgan fingerprint density at radius 2 is 2.20 bits per heavy atom. The second-order valence-corrected chi connectivity index (χ2v) is 4.74. The van der Waals surface area contributed by atoms with Crippen LogP contribution in [0.4, 0.5) is 0 Å². The molecule has 2 aliphatic rings. The summed E-state index contributed by atoms with van der Waals surface area (Å²) < 4.78 is 0. The molecule has 0 amide bonds. The third-order valence-corrected chi connectivity index (χ3v) is 3.53. The van der Waals surface area contributed by atoms with Gasteiger partial charge >= 0.3 is 0 Å². The van der Waals surface area contributed by atoms with E-state index in [1.165, 1.54) is 36.9 Å². The molecule has 0 radical (unpaired) electrons. The summed E-state index contributed by atoms with van der Waals surface area (Å²) in [7, 11) is 0. The van der Waals surface area contributed by atoms with E-state index in [4.69, 9.17) is 10.7 Å². The molecule has 1 unspecified atom stereocenters. The first-order valence-electron chi connectivity index (χ1n) is 5.94. The zero-order valence-corrected chi connectivity index (χ0v) is 8.95. The number of rotatable bonds is 2. The van der Waals surface area contributed by atoms with Crippen LogP contribution in [-0.2, 0) is 6.42 Å². The lowest BCUT2D eigenvalue weighted by molar-refractivity contribution is 0.538. The molecule has 2 aliphatic carbocycles. The van der Waals surface area contributed by atoms with Crippen molar-refractivity contribution in [1.29, 1.82) is 0 Å². The summed E-state index contributed by atoms with van der Waals surface area (Å²) >= 11 is 0. The summed E-state index contributed by atoms with van der Waals surface area (Å²) in [5, 5.41) is 0. The minimum atomic E-state index is 0.481. The van der Waals surface area contributed by atoms with Crippen molar-refractivity contribution < 1.29 is 0 Å². The number of aryl methyl sites for hydroxylation is 1. The molecule has 0 spiro atoms. The number of hydrogen-bond donors (Lipinski definition) is 1. The minimum Gasteiger partial charge on any atom is -0.330 e. The quantitative estimate of drug-likeness (QED) is 0.796. The van der Waals surface area contributed by atoms with Gasteiger partial charge in [0, 0.05) is 24.6 Å². The summed E-state index contributed by atoms with van der Waals surface area (Å²) in [6, 6.07) is 0. The van der Waals surface area contributed by atoms with Gasteiger partial charge in [0.1, 0.15) is 5.82 Å². The van der Waals surface area contributed by atoms with E-state index >= 15 is 0 Å².